The van der Waals surface area contributed by atoms with Gasteiger partial charge >= 0.3 is 6.18 Å². The summed E-state index contributed by atoms with van der Waals surface area (Å²) in [6, 6.07) is 13.7. The van der Waals surface area contributed by atoms with Gasteiger partial charge in [0.05, 0.1) is 35.1 Å². The fourth-order valence-electron chi connectivity index (χ4n) is 4.93. The van der Waals surface area contributed by atoms with Gasteiger partial charge < -0.3 is 9.84 Å². The Hall–Kier alpha value is -4.02. The Morgan fingerprint density at radius 2 is 1.68 bits per heavy atom. The number of aromatic nitrogens is 5. The van der Waals surface area contributed by atoms with Crippen molar-refractivity contribution in [2.75, 3.05) is 7.11 Å². The van der Waals surface area contributed by atoms with Crippen molar-refractivity contribution in [3.05, 3.63) is 111 Å². The van der Waals surface area contributed by atoms with Crippen LogP contribution in [-0.4, -0.2) is 37.2 Å². The first-order valence-corrected chi connectivity index (χ1v) is 12.7. The molecule has 0 aliphatic heterocycles. The Morgan fingerprint density at radius 3 is 2.27 bits per heavy atom. The van der Waals surface area contributed by atoms with Gasteiger partial charge in [-0.2, -0.15) is 13.2 Å². The molecule has 0 aliphatic carbocycles. The van der Waals surface area contributed by atoms with Gasteiger partial charge in [-0.1, -0.05) is 41.1 Å². The summed E-state index contributed by atoms with van der Waals surface area (Å²) in [6.45, 7) is 3.69. The predicted molar refractivity (Wildman–Crippen MR) is 144 cm³/mol. The fourth-order valence-corrected chi connectivity index (χ4v) is 5.23. The summed E-state index contributed by atoms with van der Waals surface area (Å²) in [6.07, 6.45) is -2.75. The third-order valence-corrected chi connectivity index (χ3v) is 7.38. The average Bonchev–Trinajstić information content (AvgIpc) is 3.35. The Bertz CT molecular complexity index is 1720. The first-order valence-electron chi connectivity index (χ1n) is 12.3. The molecule has 0 fully saturated rings. The summed E-state index contributed by atoms with van der Waals surface area (Å²) in [5.74, 6) is 0.259. The van der Waals surface area contributed by atoms with Gasteiger partial charge in [0.25, 0.3) is 0 Å². The number of hydrogen-bond acceptors (Lipinski definition) is 6. The van der Waals surface area contributed by atoms with Crippen LogP contribution in [0.3, 0.4) is 0 Å². The van der Waals surface area contributed by atoms with E-state index in [-0.39, 0.29) is 12.3 Å². The van der Waals surface area contributed by atoms with Gasteiger partial charge in [0.15, 0.2) is 5.60 Å². The second-order valence-electron chi connectivity index (χ2n) is 9.56. The second-order valence-corrected chi connectivity index (χ2v) is 9.93. The van der Waals surface area contributed by atoms with Crippen molar-refractivity contribution in [1.82, 2.24) is 25.0 Å². The number of aryl methyl sites for hydroxylation is 3. The van der Waals surface area contributed by atoms with Gasteiger partial charge in [0.2, 0.25) is 5.88 Å². The third kappa shape index (κ3) is 4.77. The zero-order chi connectivity index (χ0) is 28.8. The van der Waals surface area contributed by atoms with Crippen LogP contribution in [0, 0.1) is 13.8 Å². The Balaban J connectivity index is 1.68. The molecule has 1 unspecified atom stereocenters. The molecule has 1 N–H and O–H groups in total. The molecule has 2 aromatic carbocycles. The number of fused-ring (bicyclic) bond motifs is 1. The molecule has 0 radical (unpaired) electrons. The van der Waals surface area contributed by atoms with Gasteiger partial charge in [0.1, 0.15) is 0 Å². The molecule has 5 rings (SSSR count). The van der Waals surface area contributed by atoms with E-state index in [1.807, 2.05) is 26.0 Å². The minimum absolute atomic E-state index is 0.185. The highest BCUT2D eigenvalue weighted by molar-refractivity contribution is 6.36. The van der Waals surface area contributed by atoms with Crippen LogP contribution in [0.1, 0.15) is 44.9 Å². The molecule has 5 aromatic rings. The number of ether oxygens (including phenoxy) is 1. The van der Waals surface area contributed by atoms with Gasteiger partial charge in [-0.15, -0.1) is 5.10 Å². The first-order chi connectivity index (χ1) is 18.9. The number of methoxy groups -OCH3 is 1. The van der Waals surface area contributed by atoms with E-state index < -0.39 is 17.3 Å². The maximum atomic E-state index is 13.0. The molecule has 7 nitrogen and oxygen atoms in total. The summed E-state index contributed by atoms with van der Waals surface area (Å²) in [5.41, 5.74) is 2.09. The van der Waals surface area contributed by atoms with Crippen LogP contribution >= 0.6 is 11.6 Å². The minimum Gasteiger partial charge on any atom is -0.481 e. The Kier molecular flexibility index (Phi) is 7.01. The molecule has 3 heterocycles. The molecule has 0 saturated carbocycles. The molecule has 40 heavy (non-hydrogen) atoms. The number of hydrogen-bond donors (Lipinski definition) is 1. The SMILES string of the molecule is COc1nc2ccc(C(O)(c3ccc(C)nc3C)c3cnnn3C)cc2c(Cl)c1Cc1ccc(C(F)(F)F)cc1. The van der Waals surface area contributed by atoms with E-state index in [1.165, 1.54) is 30.1 Å². The predicted octanol–water partition coefficient (Wildman–Crippen LogP) is 5.93. The number of benzene rings is 2. The van der Waals surface area contributed by atoms with Gasteiger partial charge in [-0.3, -0.25) is 4.98 Å². The van der Waals surface area contributed by atoms with Crippen molar-refractivity contribution in [1.29, 1.82) is 0 Å². The zero-order valence-electron chi connectivity index (χ0n) is 22.1. The lowest BCUT2D eigenvalue weighted by Gasteiger charge is -2.30. The highest BCUT2D eigenvalue weighted by Gasteiger charge is 2.39. The summed E-state index contributed by atoms with van der Waals surface area (Å²) in [7, 11) is 3.14. The van der Waals surface area contributed by atoms with E-state index in [9.17, 15) is 18.3 Å². The van der Waals surface area contributed by atoms with Crippen LogP contribution in [0.25, 0.3) is 10.9 Å². The van der Waals surface area contributed by atoms with E-state index in [2.05, 4.69) is 20.3 Å². The lowest BCUT2D eigenvalue weighted by atomic mass is 9.82. The van der Waals surface area contributed by atoms with E-state index in [0.717, 1.165) is 17.8 Å². The summed E-state index contributed by atoms with van der Waals surface area (Å²) < 4.78 is 46.1. The van der Waals surface area contributed by atoms with Crippen LogP contribution in [0.4, 0.5) is 13.2 Å². The van der Waals surface area contributed by atoms with Crippen LogP contribution in [0.5, 0.6) is 5.88 Å². The van der Waals surface area contributed by atoms with E-state index in [1.54, 1.807) is 25.2 Å². The van der Waals surface area contributed by atoms with Crippen molar-refractivity contribution >= 4 is 22.5 Å². The molecule has 206 valence electrons. The quantitative estimate of drug-likeness (QED) is 0.274. The van der Waals surface area contributed by atoms with Gasteiger partial charge in [-0.05, 0) is 55.3 Å². The van der Waals surface area contributed by atoms with Crippen LogP contribution in [0.15, 0.2) is 60.8 Å². The molecule has 0 saturated heterocycles. The van der Waals surface area contributed by atoms with Crippen molar-refractivity contribution in [3.63, 3.8) is 0 Å². The number of halogens is 4. The maximum absolute atomic E-state index is 13.0. The zero-order valence-corrected chi connectivity index (χ0v) is 22.8. The topological polar surface area (TPSA) is 85.9 Å². The number of alkyl halides is 3. The minimum atomic E-state index is -4.43. The second kappa shape index (κ2) is 10.2. The lowest BCUT2D eigenvalue weighted by Crippen LogP contribution is -2.32. The number of aliphatic hydroxyl groups is 1. The normalized spacial score (nSPS) is 13.4. The third-order valence-electron chi connectivity index (χ3n) is 6.95. The molecule has 3 aromatic heterocycles. The molecule has 0 spiro atoms. The Morgan fingerprint density at radius 1 is 0.975 bits per heavy atom. The summed E-state index contributed by atoms with van der Waals surface area (Å²) >= 11 is 6.93. The van der Waals surface area contributed by atoms with Gasteiger partial charge in [-0.25, -0.2) is 9.67 Å². The van der Waals surface area contributed by atoms with Crippen molar-refractivity contribution < 1.29 is 23.0 Å². The highest BCUT2D eigenvalue weighted by atomic mass is 35.5. The number of nitrogens with zero attached hydrogens (tertiary/aromatic N) is 5. The van der Waals surface area contributed by atoms with E-state index in [0.29, 0.717) is 49.6 Å². The van der Waals surface area contributed by atoms with Crippen molar-refractivity contribution in [2.24, 2.45) is 7.05 Å². The molecule has 1 atom stereocenters. The molecule has 0 bridgehead atoms. The first kappa shape index (κ1) is 27.5. The molecule has 0 amide bonds. The van der Waals surface area contributed by atoms with Gasteiger partial charge in [0, 0.05) is 41.4 Å². The molecular formula is C29H25ClF3N5O2. The largest absolute Gasteiger partial charge is 0.481 e. The molecule has 0 aliphatic rings. The smallest absolute Gasteiger partial charge is 0.416 e. The van der Waals surface area contributed by atoms with Crippen molar-refractivity contribution in [3.8, 4) is 5.88 Å². The lowest BCUT2D eigenvalue weighted by molar-refractivity contribution is -0.137. The van der Waals surface area contributed by atoms with E-state index >= 15 is 0 Å². The highest BCUT2D eigenvalue weighted by Crippen LogP contribution is 2.41. The van der Waals surface area contributed by atoms with E-state index in [4.69, 9.17) is 16.3 Å². The standard InChI is InChI=1S/C29H25ClF3N5O2/c1-16-5-11-23(17(2)35-16)28(39,25-15-34-37-38(25)3)20-10-12-24-21(14-20)26(30)22(27(36-24)40-4)13-18-6-8-19(9-7-18)29(31,32)33/h5-12,14-15,39H,13H2,1-4H3. The van der Waals surface area contributed by atoms with Crippen LogP contribution < -0.4 is 4.74 Å². The average molecular weight is 568 g/mol. The summed E-state index contributed by atoms with van der Waals surface area (Å²) in [4.78, 5) is 9.16. The van der Waals surface area contributed by atoms with Crippen molar-refractivity contribution in [2.45, 2.75) is 32.0 Å². The van der Waals surface area contributed by atoms with Crippen LogP contribution in [0.2, 0.25) is 5.02 Å². The number of pyridine rings is 2. The summed E-state index contributed by atoms with van der Waals surface area (Å²) in [5, 5.41) is 21.2. The molecule has 11 heteroatoms. The fraction of sp³-hybridized carbons (Fsp3) is 0.241. The Labute approximate surface area is 233 Å². The number of rotatable bonds is 6. The molecular weight excluding hydrogens is 543 g/mol. The van der Waals surface area contributed by atoms with Crippen LogP contribution in [-0.2, 0) is 25.2 Å². The maximum Gasteiger partial charge on any atom is 0.416 e. The monoisotopic (exact) mass is 567 g/mol.